The lowest BCUT2D eigenvalue weighted by molar-refractivity contribution is 0.0691. The maximum Gasteiger partial charge on any atom is 0.356 e. The molecule has 0 aromatic carbocycles. The number of imidazole rings is 1. The summed E-state index contributed by atoms with van der Waals surface area (Å²) in [7, 11) is 0. The van der Waals surface area contributed by atoms with Crippen molar-refractivity contribution in [1.82, 2.24) is 25.1 Å². The molecular weight excluding hydrogens is 296 g/mol. The molecule has 0 aliphatic rings. The molecule has 0 fully saturated rings. The third-order valence-electron chi connectivity index (χ3n) is 2.50. The van der Waals surface area contributed by atoms with E-state index in [4.69, 9.17) is 5.11 Å². The fourth-order valence-corrected chi connectivity index (χ4v) is 2.15. The van der Waals surface area contributed by atoms with E-state index in [-0.39, 0.29) is 11.7 Å². The number of nitrogens with one attached hydrogen (secondary N) is 2. The van der Waals surface area contributed by atoms with Gasteiger partial charge in [0.2, 0.25) is 5.13 Å². The number of carboxylic acids is 1. The number of amides is 2. The van der Waals surface area contributed by atoms with E-state index in [9.17, 15) is 9.59 Å². The molecule has 0 aliphatic carbocycles. The van der Waals surface area contributed by atoms with Crippen LogP contribution in [0.15, 0.2) is 12.5 Å². The van der Waals surface area contributed by atoms with Crippen LogP contribution < -0.4 is 10.6 Å². The molecule has 2 aromatic heterocycles. The van der Waals surface area contributed by atoms with Crippen LogP contribution in [-0.4, -0.2) is 43.4 Å². The largest absolute Gasteiger partial charge is 0.476 e. The molecule has 0 bridgehead atoms. The molecular formula is C11H14N6O3S. The van der Waals surface area contributed by atoms with Crippen molar-refractivity contribution in [2.75, 3.05) is 11.9 Å². The fourth-order valence-electron chi connectivity index (χ4n) is 1.48. The fraction of sp³-hybridized carbons (Fsp3) is 0.364. The summed E-state index contributed by atoms with van der Waals surface area (Å²) in [6.45, 7) is 2.71. The van der Waals surface area contributed by atoms with Crippen LogP contribution in [0, 0.1) is 0 Å². The van der Waals surface area contributed by atoms with Gasteiger partial charge in [0, 0.05) is 19.3 Å². The summed E-state index contributed by atoms with van der Waals surface area (Å²) in [4.78, 5) is 26.0. The molecule has 2 aromatic rings. The van der Waals surface area contributed by atoms with Crippen LogP contribution in [0.3, 0.4) is 0 Å². The summed E-state index contributed by atoms with van der Waals surface area (Å²) in [5.41, 5.74) is -0.0274. The number of urea groups is 1. The van der Waals surface area contributed by atoms with Crippen molar-refractivity contribution in [1.29, 1.82) is 0 Å². The molecule has 0 aliphatic heterocycles. The predicted molar refractivity (Wildman–Crippen MR) is 75.5 cm³/mol. The number of nitrogens with zero attached hydrogens (tertiary/aromatic N) is 4. The molecule has 3 N–H and O–H groups in total. The first kappa shape index (κ1) is 14.9. The molecule has 0 spiro atoms. The molecule has 10 heteroatoms. The standard InChI is InChI=1S/C11H14N6O3S/c1-2-8-15-16-11(21-8)14-10(20)12-3-4-17-5-7(9(18)19)13-6-17/h5-6H,2-4H2,1H3,(H,18,19)(H2,12,14,16,20). The first-order valence-electron chi connectivity index (χ1n) is 6.20. The Hall–Kier alpha value is -2.49. The van der Waals surface area contributed by atoms with Gasteiger partial charge in [0.25, 0.3) is 0 Å². The molecule has 21 heavy (non-hydrogen) atoms. The predicted octanol–water partition coefficient (Wildman–Crippen LogP) is 0.817. The maximum atomic E-state index is 11.6. The van der Waals surface area contributed by atoms with Gasteiger partial charge < -0.3 is 15.0 Å². The molecule has 9 nitrogen and oxygen atoms in total. The third-order valence-corrected chi connectivity index (χ3v) is 3.48. The van der Waals surface area contributed by atoms with E-state index in [1.54, 1.807) is 4.57 Å². The second-order valence-corrected chi connectivity index (χ2v) is 5.10. The normalized spacial score (nSPS) is 10.3. The Morgan fingerprint density at radius 2 is 2.24 bits per heavy atom. The van der Waals surface area contributed by atoms with Gasteiger partial charge in [-0.25, -0.2) is 14.6 Å². The summed E-state index contributed by atoms with van der Waals surface area (Å²) < 4.78 is 1.59. The van der Waals surface area contributed by atoms with Gasteiger partial charge in [-0.3, -0.25) is 5.32 Å². The van der Waals surface area contributed by atoms with E-state index >= 15 is 0 Å². The Labute approximate surface area is 124 Å². The van der Waals surface area contributed by atoms with Crippen LogP contribution in [0.2, 0.25) is 0 Å². The van der Waals surface area contributed by atoms with Crippen molar-refractivity contribution in [3.05, 3.63) is 23.2 Å². The summed E-state index contributed by atoms with van der Waals surface area (Å²) in [5.74, 6) is -1.08. The number of carbonyl (C=O) groups excluding carboxylic acids is 1. The van der Waals surface area contributed by atoms with E-state index in [0.29, 0.717) is 18.2 Å². The molecule has 2 amide bonds. The van der Waals surface area contributed by atoms with Gasteiger partial charge in [-0.05, 0) is 6.42 Å². The Balaban J connectivity index is 1.74. The van der Waals surface area contributed by atoms with Crippen LogP contribution in [0.1, 0.15) is 22.4 Å². The number of aryl methyl sites for hydroxylation is 1. The van der Waals surface area contributed by atoms with E-state index in [1.807, 2.05) is 6.92 Å². The van der Waals surface area contributed by atoms with Crippen LogP contribution in [-0.2, 0) is 13.0 Å². The Bertz CT molecular complexity index is 637. The van der Waals surface area contributed by atoms with E-state index in [1.165, 1.54) is 23.9 Å². The van der Waals surface area contributed by atoms with Crippen LogP contribution in [0.25, 0.3) is 0 Å². The molecule has 112 valence electrons. The zero-order valence-electron chi connectivity index (χ0n) is 11.2. The van der Waals surface area contributed by atoms with Crippen molar-refractivity contribution in [2.45, 2.75) is 19.9 Å². The highest BCUT2D eigenvalue weighted by Gasteiger charge is 2.08. The van der Waals surface area contributed by atoms with Gasteiger partial charge in [-0.1, -0.05) is 18.3 Å². The zero-order chi connectivity index (χ0) is 15.2. The van der Waals surface area contributed by atoms with Gasteiger partial charge >= 0.3 is 12.0 Å². The molecule has 0 unspecified atom stereocenters. The van der Waals surface area contributed by atoms with Gasteiger partial charge in [0.05, 0.1) is 6.33 Å². The Kier molecular flexibility index (Phi) is 4.82. The number of anilines is 1. The minimum Gasteiger partial charge on any atom is -0.476 e. The summed E-state index contributed by atoms with van der Waals surface area (Å²) in [5, 5.41) is 23.0. The van der Waals surface area contributed by atoms with Crippen molar-refractivity contribution < 1.29 is 14.7 Å². The van der Waals surface area contributed by atoms with Crippen LogP contribution in [0.4, 0.5) is 9.93 Å². The molecule has 2 heterocycles. The molecule has 0 atom stereocenters. The van der Waals surface area contributed by atoms with Gasteiger partial charge in [0.1, 0.15) is 5.01 Å². The number of carboxylic acid groups (broad SMARTS) is 1. The smallest absolute Gasteiger partial charge is 0.356 e. The highest BCUT2D eigenvalue weighted by molar-refractivity contribution is 7.15. The van der Waals surface area contributed by atoms with E-state index < -0.39 is 5.97 Å². The highest BCUT2D eigenvalue weighted by atomic mass is 32.1. The second kappa shape index (κ2) is 6.79. The number of rotatable bonds is 6. The molecule has 2 rings (SSSR count). The van der Waals surface area contributed by atoms with Crippen molar-refractivity contribution >= 4 is 28.5 Å². The minimum atomic E-state index is -1.08. The third kappa shape index (κ3) is 4.24. The van der Waals surface area contributed by atoms with E-state index in [2.05, 4.69) is 25.8 Å². The quantitative estimate of drug-likeness (QED) is 0.726. The Morgan fingerprint density at radius 3 is 2.86 bits per heavy atom. The van der Waals surface area contributed by atoms with E-state index in [0.717, 1.165) is 11.4 Å². The molecule has 0 radical (unpaired) electrons. The average Bonchev–Trinajstić information content (AvgIpc) is 3.07. The number of aromatic nitrogens is 4. The molecule has 0 saturated carbocycles. The topological polar surface area (TPSA) is 122 Å². The number of hydrogen-bond donors (Lipinski definition) is 3. The SMILES string of the molecule is CCc1nnc(NC(=O)NCCn2cnc(C(=O)O)c2)s1. The maximum absolute atomic E-state index is 11.6. The van der Waals surface area contributed by atoms with Crippen molar-refractivity contribution in [2.24, 2.45) is 0 Å². The lowest BCUT2D eigenvalue weighted by atomic mass is 10.5. The monoisotopic (exact) mass is 310 g/mol. The number of carbonyl (C=O) groups is 2. The van der Waals surface area contributed by atoms with Gasteiger partial charge in [-0.2, -0.15) is 0 Å². The van der Waals surface area contributed by atoms with Gasteiger partial charge in [0.15, 0.2) is 5.69 Å². The highest BCUT2D eigenvalue weighted by Crippen LogP contribution is 2.14. The van der Waals surface area contributed by atoms with Gasteiger partial charge in [-0.15, -0.1) is 10.2 Å². The first-order chi connectivity index (χ1) is 10.1. The minimum absolute atomic E-state index is 0.0274. The zero-order valence-corrected chi connectivity index (χ0v) is 12.1. The van der Waals surface area contributed by atoms with Crippen LogP contribution in [0.5, 0.6) is 0 Å². The molecule has 0 saturated heterocycles. The summed E-state index contributed by atoms with van der Waals surface area (Å²) >= 11 is 1.32. The summed E-state index contributed by atoms with van der Waals surface area (Å²) in [6.07, 6.45) is 3.58. The first-order valence-corrected chi connectivity index (χ1v) is 7.02. The van der Waals surface area contributed by atoms with Crippen LogP contribution >= 0.6 is 11.3 Å². The lowest BCUT2D eigenvalue weighted by Crippen LogP contribution is -2.31. The second-order valence-electron chi connectivity index (χ2n) is 4.04. The number of hydrogen-bond acceptors (Lipinski definition) is 6. The summed E-state index contributed by atoms with van der Waals surface area (Å²) in [6, 6.07) is -0.382. The lowest BCUT2D eigenvalue weighted by Gasteiger charge is -2.05. The average molecular weight is 310 g/mol. The van der Waals surface area contributed by atoms with Crippen molar-refractivity contribution in [3.63, 3.8) is 0 Å². The number of aromatic carboxylic acids is 1. The van der Waals surface area contributed by atoms with Crippen molar-refractivity contribution in [3.8, 4) is 0 Å². The Morgan fingerprint density at radius 1 is 1.43 bits per heavy atom.